The van der Waals surface area contributed by atoms with Crippen LogP contribution in [0.3, 0.4) is 0 Å². The van der Waals surface area contributed by atoms with Crippen molar-refractivity contribution in [3.05, 3.63) is 30.1 Å². The summed E-state index contributed by atoms with van der Waals surface area (Å²) >= 11 is 4.76. The molecule has 6 nitrogen and oxygen atoms in total. The third-order valence-electron chi connectivity index (χ3n) is 3.66. The molecule has 4 rings (SSSR count). The van der Waals surface area contributed by atoms with Crippen LogP contribution in [0.4, 0.5) is 5.13 Å². The molecule has 0 saturated carbocycles. The van der Waals surface area contributed by atoms with E-state index in [2.05, 4.69) is 20.4 Å². The fraction of sp³-hybridized carbons (Fsp3) is 0.250. The van der Waals surface area contributed by atoms with Crippen molar-refractivity contribution in [2.75, 3.05) is 11.6 Å². The molecule has 0 fully saturated rings. The number of nitrogens with zero attached hydrogens (tertiary/aromatic N) is 4. The van der Waals surface area contributed by atoms with Gasteiger partial charge in [0.05, 0.1) is 20.4 Å². The minimum atomic E-state index is -0.246. The first-order valence-electron chi connectivity index (χ1n) is 7.65. The molecule has 0 radical (unpaired) electrons. The second kappa shape index (κ2) is 6.40. The Bertz CT molecular complexity index is 1080. The Morgan fingerprint density at radius 1 is 1.16 bits per heavy atom. The van der Waals surface area contributed by atoms with Crippen molar-refractivity contribution in [1.29, 1.82) is 0 Å². The van der Waals surface area contributed by atoms with Crippen molar-refractivity contribution in [2.24, 2.45) is 0 Å². The molecule has 0 aliphatic heterocycles. The van der Waals surface area contributed by atoms with Gasteiger partial charge in [0.1, 0.15) is 0 Å². The van der Waals surface area contributed by atoms with Crippen LogP contribution in [0.2, 0.25) is 0 Å². The molecule has 0 spiro atoms. The molecular weight excluding hydrogens is 374 g/mol. The van der Waals surface area contributed by atoms with Crippen LogP contribution >= 0.6 is 34.4 Å². The highest BCUT2D eigenvalue weighted by atomic mass is 32.2. The molecule has 1 N–H and O–H groups in total. The van der Waals surface area contributed by atoms with Gasteiger partial charge >= 0.3 is 0 Å². The van der Waals surface area contributed by atoms with Crippen molar-refractivity contribution in [3.8, 4) is 0 Å². The van der Waals surface area contributed by atoms with Crippen LogP contribution in [-0.4, -0.2) is 31.9 Å². The minimum absolute atomic E-state index is 0.217. The van der Waals surface area contributed by atoms with Gasteiger partial charge in [-0.3, -0.25) is 14.8 Å². The van der Waals surface area contributed by atoms with E-state index in [1.54, 1.807) is 33.8 Å². The molecule has 9 heteroatoms. The molecule has 0 aliphatic rings. The average molecular weight is 390 g/mol. The lowest BCUT2D eigenvalue weighted by atomic mass is 10.3. The van der Waals surface area contributed by atoms with Crippen LogP contribution in [0.5, 0.6) is 0 Å². The average Bonchev–Trinajstić information content (AvgIpc) is 3.30. The maximum Gasteiger partial charge on any atom is 0.277 e. The van der Waals surface area contributed by atoms with Gasteiger partial charge in [0.15, 0.2) is 15.2 Å². The van der Waals surface area contributed by atoms with Crippen LogP contribution in [0.25, 0.3) is 20.4 Å². The first-order chi connectivity index (χ1) is 12.0. The number of thiazole rings is 2. The number of fused-ring (bicyclic) bond motifs is 3. The summed E-state index contributed by atoms with van der Waals surface area (Å²) in [6.07, 6.45) is 3.83. The Kier molecular flexibility index (Phi) is 4.22. The van der Waals surface area contributed by atoms with E-state index in [0.717, 1.165) is 24.8 Å². The highest BCUT2D eigenvalue weighted by molar-refractivity contribution is 8.00. The topological polar surface area (TPSA) is 72.7 Å². The van der Waals surface area contributed by atoms with Gasteiger partial charge < -0.3 is 0 Å². The molecule has 0 unspecified atom stereocenters. The van der Waals surface area contributed by atoms with Gasteiger partial charge in [-0.1, -0.05) is 23.1 Å². The highest BCUT2D eigenvalue weighted by Crippen LogP contribution is 2.38. The van der Waals surface area contributed by atoms with Gasteiger partial charge in [-0.05, 0) is 38.3 Å². The molecule has 0 atom stereocenters. The Balaban J connectivity index is 1.65. The van der Waals surface area contributed by atoms with Gasteiger partial charge in [-0.2, -0.15) is 5.10 Å². The zero-order valence-electron chi connectivity index (χ0n) is 13.8. The number of benzene rings is 1. The molecule has 0 aliphatic carbocycles. The van der Waals surface area contributed by atoms with Crippen molar-refractivity contribution in [3.63, 3.8) is 0 Å². The minimum Gasteiger partial charge on any atom is -0.296 e. The summed E-state index contributed by atoms with van der Waals surface area (Å²) < 4.78 is 4.96. The van der Waals surface area contributed by atoms with Crippen LogP contribution in [0, 0.1) is 0 Å². The van der Waals surface area contributed by atoms with Gasteiger partial charge in [-0.15, -0.1) is 11.3 Å². The van der Waals surface area contributed by atoms with E-state index in [1.165, 1.54) is 11.3 Å². The number of thioether (sulfide) groups is 1. The van der Waals surface area contributed by atoms with Crippen molar-refractivity contribution in [2.45, 2.75) is 24.2 Å². The smallest absolute Gasteiger partial charge is 0.277 e. The Morgan fingerprint density at radius 3 is 2.56 bits per heavy atom. The van der Waals surface area contributed by atoms with Gasteiger partial charge in [-0.25, -0.2) is 9.97 Å². The lowest BCUT2D eigenvalue weighted by molar-refractivity contribution is 0.102. The number of rotatable bonds is 4. The Hall–Kier alpha value is -1.97. The summed E-state index contributed by atoms with van der Waals surface area (Å²) in [5, 5.41) is 7.73. The van der Waals surface area contributed by atoms with Crippen LogP contribution in [-0.2, 0) is 0 Å². The molecule has 3 heterocycles. The monoisotopic (exact) mass is 389 g/mol. The fourth-order valence-electron chi connectivity index (χ4n) is 2.40. The number of aromatic nitrogens is 4. The number of anilines is 1. The standard InChI is InChI=1S/C16H15N5OS3/c1-8(2)21-7-6-11(20-21)14(22)19-15-17-9-4-5-10-13(12(9)24-15)25-16(18-10)23-3/h4-8H,1-3H3,(H,17,19,22). The first kappa shape index (κ1) is 16.5. The number of amides is 1. The molecule has 0 bridgehead atoms. The van der Waals surface area contributed by atoms with E-state index in [-0.39, 0.29) is 11.9 Å². The summed E-state index contributed by atoms with van der Waals surface area (Å²) in [6.45, 7) is 4.04. The van der Waals surface area contributed by atoms with Crippen molar-refractivity contribution >= 4 is 65.9 Å². The van der Waals surface area contributed by atoms with E-state index in [4.69, 9.17) is 0 Å². The number of carbonyl (C=O) groups excluding carboxylic acids is 1. The van der Waals surface area contributed by atoms with E-state index < -0.39 is 0 Å². The lowest BCUT2D eigenvalue weighted by Gasteiger charge is -2.03. The summed E-state index contributed by atoms with van der Waals surface area (Å²) in [7, 11) is 0. The molecule has 4 aromatic rings. The summed E-state index contributed by atoms with van der Waals surface area (Å²) in [4.78, 5) is 21.5. The normalized spacial score (nSPS) is 11.7. The number of hydrogen-bond donors (Lipinski definition) is 1. The number of nitrogens with one attached hydrogen (secondary N) is 1. The van der Waals surface area contributed by atoms with Crippen molar-refractivity contribution in [1.82, 2.24) is 19.7 Å². The van der Waals surface area contributed by atoms with Gasteiger partial charge in [0.2, 0.25) is 0 Å². The predicted molar refractivity (Wildman–Crippen MR) is 105 cm³/mol. The number of hydrogen-bond acceptors (Lipinski definition) is 7. The maximum atomic E-state index is 12.4. The lowest BCUT2D eigenvalue weighted by Crippen LogP contribution is -2.13. The fourth-order valence-corrected chi connectivity index (χ4v) is 5.05. The highest BCUT2D eigenvalue weighted by Gasteiger charge is 2.15. The molecular formula is C16H15N5OS3. The van der Waals surface area contributed by atoms with Crippen LogP contribution in [0.1, 0.15) is 30.4 Å². The summed E-state index contributed by atoms with van der Waals surface area (Å²) in [5.74, 6) is -0.246. The summed E-state index contributed by atoms with van der Waals surface area (Å²) in [5.41, 5.74) is 2.23. The van der Waals surface area contributed by atoms with Crippen LogP contribution < -0.4 is 5.32 Å². The quantitative estimate of drug-likeness (QED) is 0.514. The molecule has 0 saturated heterocycles. The third-order valence-corrected chi connectivity index (χ3v) is 6.86. The summed E-state index contributed by atoms with van der Waals surface area (Å²) in [6, 6.07) is 5.86. The van der Waals surface area contributed by atoms with E-state index in [1.807, 2.05) is 38.4 Å². The molecule has 1 amide bonds. The molecule has 1 aromatic carbocycles. The predicted octanol–water partition coefficient (Wildman–Crippen LogP) is 4.66. The largest absolute Gasteiger partial charge is 0.296 e. The van der Waals surface area contributed by atoms with Crippen LogP contribution in [0.15, 0.2) is 28.7 Å². The molecule has 128 valence electrons. The van der Waals surface area contributed by atoms with Crippen molar-refractivity contribution < 1.29 is 4.79 Å². The van der Waals surface area contributed by atoms with Gasteiger partial charge in [0.25, 0.3) is 5.91 Å². The second-order valence-corrected chi connectivity index (χ2v) is 8.75. The van der Waals surface area contributed by atoms with E-state index >= 15 is 0 Å². The third kappa shape index (κ3) is 3.03. The SMILES string of the molecule is CSc1nc2ccc3nc(NC(=O)c4ccn(C(C)C)n4)sc3c2s1. The first-order valence-corrected chi connectivity index (χ1v) is 10.5. The molecule has 25 heavy (non-hydrogen) atoms. The number of carbonyl (C=O) groups is 1. The molecule has 3 aromatic heterocycles. The zero-order chi connectivity index (χ0) is 17.6. The second-order valence-electron chi connectivity index (χ2n) is 5.69. The van der Waals surface area contributed by atoms with E-state index in [0.29, 0.717) is 10.8 Å². The van der Waals surface area contributed by atoms with E-state index in [9.17, 15) is 4.79 Å². The Labute approximate surface area is 156 Å². The zero-order valence-corrected chi connectivity index (χ0v) is 16.3. The maximum absolute atomic E-state index is 12.4. The van der Waals surface area contributed by atoms with Gasteiger partial charge in [0, 0.05) is 12.2 Å². The Morgan fingerprint density at radius 2 is 1.88 bits per heavy atom.